The van der Waals surface area contributed by atoms with Crippen molar-refractivity contribution in [1.29, 1.82) is 0 Å². The molecule has 0 heterocycles. The molecule has 0 fully saturated rings. The smallest absolute Gasteiger partial charge is 0.273 e. The van der Waals surface area contributed by atoms with E-state index in [-0.39, 0.29) is 23.7 Å². The van der Waals surface area contributed by atoms with Crippen LogP contribution in [-0.2, 0) is 10.0 Å². The van der Waals surface area contributed by atoms with E-state index in [2.05, 4.69) is 4.72 Å². The van der Waals surface area contributed by atoms with Crippen LogP contribution in [0.25, 0.3) is 0 Å². The van der Waals surface area contributed by atoms with Crippen LogP contribution in [0.2, 0.25) is 0 Å². The lowest BCUT2D eigenvalue weighted by Gasteiger charge is -2.07. The molecule has 8 heteroatoms. The summed E-state index contributed by atoms with van der Waals surface area (Å²) < 4.78 is 26.5. The highest BCUT2D eigenvalue weighted by Gasteiger charge is 2.19. The maximum absolute atomic E-state index is 12.0. The lowest BCUT2D eigenvalue weighted by Crippen LogP contribution is -2.24. The van der Waals surface area contributed by atoms with Crippen LogP contribution in [0.5, 0.6) is 0 Å². The van der Waals surface area contributed by atoms with Crippen molar-refractivity contribution in [2.45, 2.75) is 37.5 Å². The van der Waals surface area contributed by atoms with Gasteiger partial charge in [-0.1, -0.05) is 18.9 Å². The van der Waals surface area contributed by atoms with Crippen LogP contribution in [-0.4, -0.2) is 31.6 Å². The third kappa shape index (κ3) is 5.41. The van der Waals surface area contributed by atoms with E-state index < -0.39 is 14.9 Å². The van der Waals surface area contributed by atoms with Gasteiger partial charge in [0.1, 0.15) is 0 Å². The molecule has 0 radical (unpaired) electrons. The monoisotopic (exact) mass is 316 g/mol. The molecule has 0 amide bonds. The quantitative estimate of drug-likeness (QED) is 0.409. The van der Waals surface area contributed by atoms with Gasteiger partial charge < -0.3 is 5.11 Å². The largest absolute Gasteiger partial charge is 0.396 e. The van der Waals surface area contributed by atoms with Gasteiger partial charge in [0.05, 0.1) is 9.82 Å². The second-order valence-corrected chi connectivity index (χ2v) is 6.51. The summed E-state index contributed by atoms with van der Waals surface area (Å²) in [6, 6.07) is 3.85. The number of unbranched alkanes of at least 4 members (excludes halogenated alkanes) is 3. The number of aliphatic hydroxyl groups excluding tert-OH is 1. The first-order chi connectivity index (χ1) is 9.88. The average Bonchev–Trinajstić information content (AvgIpc) is 2.42. The van der Waals surface area contributed by atoms with E-state index >= 15 is 0 Å². The lowest BCUT2D eigenvalue weighted by atomic mass is 10.2. The molecule has 1 rings (SSSR count). The molecule has 1 aromatic rings. The summed E-state index contributed by atoms with van der Waals surface area (Å²) in [4.78, 5) is 10.1. The van der Waals surface area contributed by atoms with Crippen molar-refractivity contribution in [2.75, 3.05) is 13.2 Å². The van der Waals surface area contributed by atoms with Gasteiger partial charge in [-0.25, -0.2) is 13.1 Å². The number of aliphatic hydroxyl groups is 1. The molecular weight excluding hydrogens is 296 g/mol. The maximum Gasteiger partial charge on any atom is 0.273 e. The normalized spacial score (nSPS) is 11.5. The molecule has 0 saturated carbocycles. The first-order valence-electron chi connectivity index (χ1n) is 6.74. The van der Waals surface area contributed by atoms with Crippen LogP contribution < -0.4 is 4.72 Å². The zero-order valence-electron chi connectivity index (χ0n) is 11.9. The fourth-order valence-corrected chi connectivity index (χ4v) is 2.93. The van der Waals surface area contributed by atoms with Crippen molar-refractivity contribution < 1.29 is 18.4 Å². The predicted molar refractivity (Wildman–Crippen MR) is 78.6 cm³/mol. The van der Waals surface area contributed by atoms with Gasteiger partial charge in [-0.3, -0.25) is 10.1 Å². The van der Waals surface area contributed by atoms with E-state index in [1.165, 1.54) is 12.1 Å². The number of rotatable bonds is 9. The van der Waals surface area contributed by atoms with Crippen LogP contribution in [0, 0.1) is 17.0 Å². The number of nitro groups is 1. The summed E-state index contributed by atoms with van der Waals surface area (Å²) in [5, 5.41) is 19.5. The topological polar surface area (TPSA) is 110 Å². The van der Waals surface area contributed by atoms with E-state index in [4.69, 9.17) is 5.11 Å². The number of aryl methyl sites for hydroxylation is 1. The third-order valence-electron chi connectivity index (χ3n) is 3.06. The van der Waals surface area contributed by atoms with Crippen molar-refractivity contribution >= 4 is 15.7 Å². The van der Waals surface area contributed by atoms with Gasteiger partial charge in [-0.15, -0.1) is 0 Å². The Kier molecular flexibility index (Phi) is 6.73. The zero-order valence-corrected chi connectivity index (χ0v) is 12.7. The molecule has 0 aromatic heterocycles. The Morgan fingerprint density at radius 1 is 1.24 bits per heavy atom. The molecule has 7 nitrogen and oxygen atoms in total. The van der Waals surface area contributed by atoms with Crippen molar-refractivity contribution in [1.82, 2.24) is 4.72 Å². The number of nitrogens with zero attached hydrogens (tertiary/aromatic N) is 1. The van der Waals surface area contributed by atoms with Crippen LogP contribution in [0.15, 0.2) is 23.1 Å². The minimum absolute atomic E-state index is 0.102. The second-order valence-electron chi connectivity index (χ2n) is 4.74. The predicted octanol–water partition coefficient (Wildman–Crippen LogP) is 1.73. The van der Waals surface area contributed by atoms with Crippen LogP contribution in [0.1, 0.15) is 31.2 Å². The number of sulfonamides is 1. The van der Waals surface area contributed by atoms with E-state index in [1.54, 1.807) is 6.92 Å². The van der Waals surface area contributed by atoms with E-state index in [9.17, 15) is 18.5 Å². The zero-order chi connectivity index (χ0) is 15.9. The molecule has 0 aliphatic rings. The molecule has 2 N–H and O–H groups in total. The van der Waals surface area contributed by atoms with E-state index in [1.807, 2.05) is 0 Å². The highest BCUT2D eigenvalue weighted by atomic mass is 32.2. The summed E-state index contributed by atoms with van der Waals surface area (Å²) in [6.07, 6.45) is 3.02. The van der Waals surface area contributed by atoms with Crippen LogP contribution in [0.4, 0.5) is 5.69 Å². The Bertz CT molecular complexity index is 586. The molecule has 21 heavy (non-hydrogen) atoms. The molecule has 0 bridgehead atoms. The molecular formula is C13H20N2O5S. The lowest BCUT2D eigenvalue weighted by molar-refractivity contribution is -0.385. The number of nitro benzene ring substituents is 1. The molecule has 0 spiro atoms. The third-order valence-corrected chi connectivity index (χ3v) is 4.52. The summed E-state index contributed by atoms with van der Waals surface area (Å²) in [7, 11) is -3.73. The molecule has 0 aliphatic heterocycles. The first kappa shape index (κ1) is 17.5. The minimum Gasteiger partial charge on any atom is -0.396 e. The van der Waals surface area contributed by atoms with Gasteiger partial charge in [0.2, 0.25) is 10.0 Å². The van der Waals surface area contributed by atoms with Crippen LogP contribution >= 0.6 is 0 Å². The SMILES string of the molecule is Cc1ccc(S(=O)(=O)NCCCCCCO)cc1[N+](=O)[O-]. The fourth-order valence-electron chi connectivity index (χ4n) is 1.83. The number of nitrogens with one attached hydrogen (secondary N) is 1. The van der Waals surface area contributed by atoms with Crippen LogP contribution in [0.3, 0.4) is 0 Å². The highest BCUT2D eigenvalue weighted by Crippen LogP contribution is 2.22. The first-order valence-corrected chi connectivity index (χ1v) is 8.22. The molecule has 0 atom stereocenters. The van der Waals surface area contributed by atoms with Crippen molar-refractivity contribution in [3.8, 4) is 0 Å². The molecule has 1 aromatic carbocycles. The van der Waals surface area contributed by atoms with Crippen molar-refractivity contribution in [3.05, 3.63) is 33.9 Å². The summed E-state index contributed by atoms with van der Waals surface area (Å²) in [6.45, 7) is 1.97. The van der Waals surface area contributed by atoms with E-state index in [0.29, 0.717) is 18.4 Å². The molecule has 0 unspecified atom stereocenters. The Hall–Kier alpha value is -1.51. The van der Waals surface area contributed by atoms with Gasteiger partial charge in [0, 0.05) is 24.8 Å². The van der Waals surface area contributed by atoms with Gasteiger partial charge in [0.25, 0.3) is 5.69 Å². The standard InChI is InChI=1S/C13H20N2O5S/c1-11-6-7-12(10-13(11)15(17)18)21(19,20)14-8-4-2-3-5-9-16/h6-7,10,14,16H,2-5,8-9H2,1H3. The van der Waals surface area contributed by atoms with Gasteiger partial charge in [-0.2, -0.15) is 0 Å². The minimum atomic E-state index is -3.73. The van der Waals surface area contributed by atoms with E-state index in [0.717, 1.165) is 18.9 Å². The maximum atomic E-state index is 12.0. The number of benzene rings is 1. The average molecular weight is 316 g/mol. The Labute approximate surface area is 124 Å². The number of hydrogen-bond acceptors (Lipinski definition) is 5. The van der Waals surface area contributed by atoms with Gasteiger partial charge in [0.15, 0.2) is 0 Å². The van der Waals surface area contributed by atoms with Gasteiger partial charge in [-0.05, 0) is 25.8 Å². The van der Waals surface area contributed by atoms with Gasteiger partial charge >= 0.3 is 0 Å². The Morgan fingerprint density at radius 2 is 1.90 bits per heavy atom. The van der Waals surface area contributed by atoms with Crippen molar-refractivity contribution in [3.63, 3.8) is 0 Å². The molecule has 0 aliphatic carbocycles. The molecule has 0 saturated heterocycles. The summed E-state index contributed by atoms with van der Waals surface area (Å²) in [5.74, 6) is 0. The summed E-state index contributed by atoms with van der Waals surface area (Å²) in [5.41, 5.74) is 0.212. The Morgan fingerprint density at radius 3 is 2.52 bits per heavy atom. The van der Waals surface area contributed by atoms with Crippen molar-refractivity contribution in [2.24, 2.45) is 0 Å². The highest BCUT2D eigenvalue weighted by molar-refractivity contribution is 7.89. The Balaban J connectivity index is 2.66. The second kappa shape index (κ2) is 8.06. The molecule has 118 valence electrons. The number of hydrogen-bond donors (Lipinski definition) is 2. The fraction of sp³-hybridized carbons (Fsp3) is 0.538. The summed E-state index contributed by atoms with van der Waals surface area (Å²) >= 11 is 0.